The summed E-state index contributed by atoms with van der Waals surface area (Å²) in [6.07, 6.45) is 0.383. The zero-order valence-corrected chi connectivity index (χ0v) is 12.0. The fourth-order valence-electron chi connectivity index (χ4n) is 1.95. The molecule has 1 heterocycles. The van der Waals surface area contributed by atoms with Crippen LogP contribution in [-0.2, 0) is 14.3 Å². The molecule has 8 nitrogen and oxygen atoms in total. The van der Waals surface area contributed by atoms with Gasteiger partial charge < -0.3 is 15.0 Å². The number of nitrogens with one attached hydrogen (secondary N) is 2. The zero-order valence-electron chi connectivity index (χ0n) is 12.0. The van der Waals surface area contributed by atoms with Crippen molar-refractivity contribution in [3.63, 3.8) is 0 Å². The topological polar surface area (TPSA) is 91.0 Å². The first-order valence-electron chi connectivity index (χ1n) is 6.58. The molecule has 114 valence electrons. The van der Waals surface area contributed by atoms with Crippen molar-refractivity contribution in [2.75, 3.05) is 53.4 Å². The maximum atomic E-state index is 11.5. The summed E-state index contributed by atoms with van der Waals surface area (Å²) >= 11 is 0. The number of ether oxygens (including phenoxy) is 1. The lowest BCUT2D eigenvalue weighted by molar-refractivity contribution is -0.141. The van der Waals surface area contributed by atoms with Crippen molar-refractivity contribution < 1.29 is 19.1 Å². The van der Waals surface area contributed by atoms with Gasteiger partial charge in [-0.3, -0.25) is 19.8 Å². The molecule has 0 aromatic carbocycles. The number of methoxy groups -OCH3 is 1. The fraction of sp³-hybridized carbons (Fsp3) is 0.750. The number of urea groups is 1. The molecule has 0 saturated carbocycles. The van der Waals surface area contributed by atoms with E-state index >= 15 is 0 Å². The standard InChI is InChI=1S/C12H22N4O4/c1-13-12(19)14-10(17)9-16-7-5-15(6-8-16)4-3-11(18)20-2/h3-9H2,1-2H3,(H2,13,14,17,19). The number of rotatable bonds is 5. The smallest absolute Gasteiger partial charge is 0.321 e. The minimum Gasteiger partial charge on any atom is -0.469 e. The molecule has 2 N–H and O–H groups in total. The summed E-state index contributed by atoms with van der Waals surface area (Å²) in [5.74, 6) is -0.523. The van der Waals surface area contributed by atoms with Crippen LogP contribution in [0.5, 0.6) is 0 Å². The molecule has 3 amide bonds. The van der Waals surface area contributed by atoms with Crippen LogP contribution in [0.2, 0.25) is 0 Å². The van der Waals surface area contributed by atoms with E-state index in [-0.39, 0.29) is 18.4 Å². The van der Waals surface area contributed by atoms with Gasteiger partial charge in [-0.25, -0.2) is 4.79 Å². The number of carbonyl (C=O) groups excluding carboxylic acids is 3. The molecule has 0 atom stereocenters. The van der Waals surface area contributed by atoms with Gasteiger partial charge in [-0.15, -0.1) is 0 Å². The van der Waals surface area contributed by atoms with Gasteiger partial charge in [-0.05, 0) is 0 Å². The van der Waals surface area contributed by atoms with E-state index in [1.54, 1.807) is 0 Å². The summed E-state index contributed by atoms with van der Waals surface area (Å²) in [5, 5.41) is 4.56. The summed E-state index contributed by atoms with van der Waals surface area (Å²) in [7, 11) is 2.84. The normalized spacial score (nSPS) is 16.5. The molecule has 0 spiro atoms. The fourth-order valence-corrected chi connectivity index (χ4v) is 1.95. The first-order chi connectivity index (χ1) is 9.55. The van der Waals surface area contributed by atoms with Crippen LogP contribution in [0, 0.1) is 0 Å². The monoisotopic (exact) mass is 286 g/mol. The van der Waals surface area contributed by atoms with Gasteiger partial charge in [-0.2, -0.15) is 0 Å². The molecule has 0 aromatic heterocycles. The van der Waals surface area contributed by atoms with Crippen LogP contribution in [0.1, 0.15) is 6.42 Å². The number of piperazine rings is 1. The van der Waals surface area contributed by atoms with Crippen molar-refractivity contribution in [2.45, 2.75) is 6.42 Å². The summed E-state index contributed by atoms with van der Waals surface area (Å²) in [5.41, 5.74) is 0. The van der Waals surface area contributed by atoms with Crippen LogP contribution < -0.4 is 10.6 Å². The summed E-state index contributed by atoms with van der Waals surface area (Å²) in [6.45, 7) is 3.95. The third-order valence-corrected chi connectivity index (χ3v) is 3.17. The number of hydrogen-bond donors (Lipinski definition) is 2. The Balaban J connectivity index is 2.20. The van der Waals surface area contributed by atoms with Crippen LogP contribution >= 0.6 is 0 Å². The summed E-state index contributed by atoms with van der Waals surface area (Å²) in [6, 6.07) is -0.494. The van der Waals surface area contributed by atoms with Crippen LogP contribution in [0.25, 0.3) is 0 Å². The Morgan fingerprint density at radius 2 is 1.70 bits per heavy atom. The van der Waals surface area contributed by atoms with Gasteiger partial charge in [0.25, 0.3) is 0 Å². The largest absolute Gasteiger partial charge is 0.469 e. The number of amides is 3. The summed E-state index contributed by atoms with van der Waals surface area (Å²) in [4.78, 5) is 37.7. The molecule has 1 fully saturated rings. The second-order valence-electron chi connectivity index (χ2n) is 4.57. The number of hydrogen-bond acceptors (Lipinski definition) is 6. The minimum atomic E-state index is -0.494. The minimum absolute atomic E-state index is 0.207. The third-order valence-electron chi connectivity index (χ3n) is 3.17. The lowest BCUT2D eigenvalue weighted by Crippen LogP contribution is -2.51. The SMILES string of the molecule is CNC(=O)NC(=O)CN1CCN(CCC(=O)OC)CC1. The van der Waals surface area contributed by atoms with Gasteiger partial charge in [0, 0.05) is 39.8 Å². The van der Waals surface area contributed by atoms with E-state index in [9.17, 15) is 14.4 Å². The number of esters is 1. The Morgan fingerprint density at radius 1 is 1.10 bits per heavy atom. The number of nitrogens with zero attached hydrogens (tertiary/aromatic N) is 2. The average Bonchev–Trinajstić information content (AvgIpc) is 2.45. The highest BCUT2D eigenvalue weighted by Gasteiger charge is 2.19. The van der Waals surface area contributed by atoms with Crippen molar-refractivity contribution in [3.05, 3.63) is 0 Å². The van der Waals surface area contributed by atoms with Crippen LogP contribution in [0.4, 0.5) is 4.79 Å². The van der Waals surface area contributed by atoms with E-state index < -0.39 is 6.03 Å². The second-order valence-corrected chi connectivity index (χ2v) is 4.57. The van der Waals surface area contributed by atoms with Crippen molar-refractivity contribution in [3.8, 4) is 0 Å². The highest BCUT2D eigenvalue weighted by molar-refractivity contribution is 5.95. The Kier molecular flexibility index (Phi) is 6.96. The molecule has 0 radical (unpaired) electrons. The van der Waals surface area contributed by atoms with Gasteiger partial charge in [0.2, 0.25) is 5.91 Å². The molecule has 8 heteroatoms. The molecule has 0 unspecified atom stereocenters. The molecule has 0 bridgehead atoms. The molecule has 1 saturated heterocycles. The molecule has 20 heavy (non-hydrogen) atoms. The third kappa shape index (κ3) is 5.98. The Bertz CT molecular complexity index is 353. The van der Waals surface area contributed by atoms with Gasteiger partial charge >= 0.3 is 12.0 Å². The highest BCUT2D eigenvalue weighted by atomic mass is 16.5. The predicted octanol–water partition coefficient (Wildman–Crippen LogP) is -1.38. The van der Waals surface area contributed by atoms with Crippen LogP contribution in [-0.4, -0.2) is 81.1 Å². The molecule has 0 aromatic rings. The van der Waals surface area contributed by atoms with E-state index in [0.29, 0.717) is 13.0 Å². The van der Waals surface area contributed by atoms with Crippen molar-refractivity contribution in [1.29, 1.82) is 0 Å². The lowest BCUT2D eigenvalue weighted by atomic mass is 10.3. The van der Waals surface area contributed by atoms with E-state index in [4.69, 9.17) is 0 Å². The molecule has 1 aliphatic heterocycles. The number of imide groups is 1. The molecule has 1 aliphatic rings. The lowest BCUT2D eigenvalue weighted by Gasteiger charge is -2.33. The second kappa shape index (κ2) is 8.49. The Labute approximate surface area is 118 Å². The van der Waals surface area contributed by atoms with E-state index in [0.717, 1.165) is 26.2 Å². The highest BCUT2D eigenvalue weighted by Crippen LogP contribution is 2.02. The predicted molar refractivity (Wildman–Crippen MR) is 72.1 cm³/mol. The van der Waals surface area contributed by atoms with Crippen LogP contribution in [0.15, 0.2) is 0 Å². The Hall–Kier alpha value is -1.67. The van der Waals surface area contributed by atoms with Crippen molar-refractivity contribution >= 4 is 17.9 Å². The first-order valence-corrected chi connectivity index (χ1v) is 6.58. The van der Waals surface area contributed by atoms with E-state index in [2.05, 4.69) is 20.3 Å². The van der Waals surface area contributed by atoms with Gasteiger partial charge in [-0.1, -0.05) is 0 Å². The zero-order chi connectivity index (χ0) is 15.0. The van der Waals surface area contributed by atoms with Gasteiger partial charge in [0.05, 0.1) is 20.1 Å². The average molecular weight is 286 g/mol. The van der Waals surface area contributed by atoms with Gasteiger partial charge in [0.1, 0.15) is 0 Å². The maximum absolute atomic E-state index is 11.5. The van der Waals surface area contributed by atoms with Crippen molar-refractivity contribution in [2.24, 2.45) is 0 Å². The first kappa shape index (κ1) is 16.4. The maximum Gasteiger partial charge on any atom is 0.321 e. The van der Waals surface area contributed by atoms with Gasteiger partial charge in [0.15, 0.2) is 0 Å². The molecule has 1 rings (SSSR count). The van der Waals surface area contributed by atoms with Crippen molar-refractivity contribution in [1.82, 2.24) is 20.4 Å². The van der Waals surface area contributed by atoms with E-state index in [1.807, 2.05) is 4.90 Å². The quantitative estimate of drug-likeness (QED) is 0.606. The molecular weight excluding hydrogens is 264 g/mol. The molecular formula is C12H22N4O4. The van der Waals surface area contributed by atoms with Crippen LogP contribution in [0.3, 0.4) is 0 Å². The molecule has 0 aliphatic carbocycles. The van der Waals surface area contributed by atoms with E-state index in [1.165, 1.54) is 14.2 Å². The number of carbonyl (C=O) groups is 3. The Morgan fingerprint density at radius 3 is 2.25 bits per heavy atom. The summed E-state index contributed by atoms with van der Waals surface area (Å²) < 4.78 is 4.60.